The summed E-state index contributed by atoms with van der Waals surface area (Å²) in [5.74, 6) is 0. The second kappa shape index (κ2) is 5.80. The fourth-order valence-electron chi connectivity index (χ4n) is 2.55. The summed E-state index contributed by atoms with van der Waals surface area (Å²) in [5.41, 5.74) is 9.88. The van der Waals surface area contributed by atoms with Crippen molar-refractivity contribution < 1.29 is 0 Å². The summed E-state index contributed by atoms with van der Waals surface area (Å²) in [5, 5.41) is 0.658. The summed E-state index contributed by atoms with van der Waals surface area (Å²) in [6, 6.07) is 6.74. The molecule has 0 unspecified atom stereocenters. The first-order chi connectivity index (χ1) is 8.72. The Morgan fingerprint density at radius 2 is 2.26 bits per heavy atom. The molecule has 1 aromatic carbocycles. The van der Waals surface area contributed by atoms with E-state index in [0.29, 0.717) is 5.13 Å². The normalized spacial score (nSPS) is 13.8. The molecule has 3 rings (SSSR count). The number of hydrogen-bond acceptors (Lipinski definition) is 4. The average molecular weight is 296 g/mol. The van der Waals surface area contributed by atoms with Crippen molar-refractivity contribution >= 4 is 34.6 Å². The number of nitrogens with zero attached hydrogens (tertiary/aromatic N) is 2. The van der Waals surface area contributed by atoms with Crippen LogP contribution < -0.4 is 10.6 Å². The zero-order valence-electron chi connectivity index (χ0n) is 10.9. The number of rotatable bonds is 2. The lowest BCUT2D eigenvalue weighted by Gasteiger charge is -2.31. The summed E-state index contributed by atoms with van der Waals surface area (Å²) in [6.07, 6.45) is 4.31. The fourth-order valence-corrected chi connectivity index (χ4v) is 3.25. The highest BCUT2D eigenvalue weighted by Gasteiger charge is 2.17. The van der Waals surface area contributed by atoms with Gasteiger partial charge in [0.1, 0.15) is 0 Å². The van der Waals surface area contributed by atoms with Crippen molar-refractivity contribution in [2.75, 3.05) is 17.2 Å². The second-order valence-corrected chi connectivity index (χ2v) is 5.97. The molecule has 2 N–H and O–H groups in total. The Hall–Kier alpha value is -1.26. The highest BCUT2D eigenvalue weighted by molar-refractivity contribution is 7.15. The largest absolute Gasteiger partial charge is 0.375 e. The van der Waals surface area contributed by atoms with Gasteiger partial charge in [0.15, 0.2) is 5.13 Å². The van der Waals surface area contributed by atoms with Crippen LogP contribution in [0.2, 0.25) is 0 Å². The Labute approximate surface area is 123 Å². The monoisotopic (exact) mass is 295 g/mol. The lowest BCUT2D eigenvalue weighted by atomic mass is 9.99. The Morgan fingerprint density at radius 3 is 3.00 bits per heavy atom. The zero-order valence-corrected chi connectivity index (χ0v) is 12.6. The van der Waals surface area contributed by atoms with Crippen LogP contribution in [-0.2, 0) is 13.0 Å². The maximum Gasteiger partial charge on any atom is 0.180 e. The third kappa shape index (κ3) is 3.01. The van der Waals surface area contributed by atoms with Gasteiger partial charge in [-0.1, -0.05) is 17.7 Å². The summed E-state index contributed by atoms with van der Waals surface area (Å²) in [4.78, 5) is 7.79. The predicted octanol–water partition coefficient (Wildman–Crippen LogP) is 3.41. The number of thiazole rings is 1. The minimum absolute atomic E-state index is 0. The van der Waals surface area contributed by atoms with Crippen LogP contribution in [0.1, 0.15) is 22.4 Å². The van der Waals surface area contributed by atoms with Crippen molar-refractivity contribution in [3.05, 3.63) is 40.4 Å². The molecule has 2 aromatic rings. The molecule has 0 amide bonds. The lowest BCUT2D eigenvalue weighted by molar-refractivity contribution is 0.694. The van der Waals surface area contributed by atoms with Crippen molar-refractivity contribution in [2.45, 2.75) is 26.3 Å². The van der Waals surface area contributed by atoms with Crippen molar-refractivity contribution in [2.24, 2.45) is 0 Å². The molecule has 0 aliphatic carbocycles. The second-order valence-electron chi connectivity index (χ2n) is 4.82. The van der Waals surface area contributed by atoms with Crippen LogP contribution in [-0.4, -0.2) is 11.5 Å². The number of fused-ring (bicyclic) bond motifs is 1. The van der Waals surface area contributed by atoms with Gasteiger partial charge < -0.3 is 10.6 Å². The maximum atomic E-state index is 5.69. The molecule has 5 heteroatoms. The maximum absolute atomic E-state index is 5.69. The number of aromatic nitrogens is 1. The van der Waals surface area contributed by atoms with Gasteiger partial charge in [-0.2, -0.15) is 0 Å². The first-order valence-corrected chi connectivity index (χ1v) is 7.09. The van der Waals surface area contributed by atoms with Crippen molar-refractivity contribution in [1.29, 1.82) is 0 Å². The van der Waals surface area contributed by atoms with Gasteiger partial charge in [0.2, 0.25) is 0 Å². The van der Waals surface area contributed by atoms with Crippen LogP contribution in [0.25, 0.3) is 0 Å². The van der Waals surface area contributed by atoms with Gasteiger partial charge in [-0.15, -0.1) is 23.7 Å². The van der Waals surface area contributed by atoms with Crippen LogP contribution in [0.3, 0.4) is 0 Å². The number of halogens is 1. The molecule has 1 aliphatic rings. The topological polar surface area (TPSA) is 42.2 Å². The fraction of sp³-hybridized carbons (Fsp3) is 0.357. The van der Waals surface area contributed by atoms with Crippen LogP contribution in [0.15, 0.2) is 24.4 Å². The number of anilines is 2. The number of benzene rings is 1. The number of nitrogens with two attached hydrogens (primary N) is 1. The smallest absolute Gasteiger partial charge is 0.180 e. The highest BCUT2D eigenvalue weighted by Crippen LogP contribution is 2.30. The van der Waals surface area contributed by atoms with E-state index >= 15 is 0 Å². The molecule has 0 saturated heterocycles. The van der Waals surface area contributed by atoms with Gasteiger partial charge in [-0.25, -0.2) is 4.98 Å². The van der Waals surface area contributed by atoms with Crippen LogP contribution in [0.5, 0.6) is 0 Å². The molecule has 0 bridgehead atoms. The van der Waals surface area contributed by atoms with Gasteiger partial charge in [-0.3, -0.25) is 0 Å². The number of aryl methyl sites for hydroxylation is 2. The van der Waals surface area contributed by atoms with Gasteiger partial charge in [0.25, 0.3) is 0 Å². The summed E-state index contributed by atoms with van der Waals surface area (Å²) in [6.45, 7) is 4.20. The molecule has 0 spiro atoms. The van der Waals surface area contributed by atoms with E-state index in [1.165, 1.54) is 34.5 Å². The van der Waals surface area contributed by atoms with Gasteiger partial charge in [0, 0.05) is 23.3 Å². The zero-order chi connectivity index (χ0) is 12.5. The van der Waals surface area contributed by atoms with E-state index in [9.17, 15) is 0 Å². The quantitative estimate of drug-likeness (QED) is 0.923. The SMILES string of the molecule is Cc1ccc2c(c1)CCCN2Cc1cnc(N)s1.Cl. The van der Waals surface area contributed by atoms with Crippen molar-refractivity contribution in [3.63, 3.8) is 0 Å². The van der Waals surface area contributed by atoms with Crippen LogP contribution in [0.4, 0.5) is 10.8 Å². The van der Waals surface area contributed by atoms with E-state index in [4.69, 9.17) is 5.73 Å². The Morgan fingerprint density at radius 1 is 1.42 bits per heavy atom. The molecule has 0 atom stereocenters. The molecule has 102 valence electrons. The van der Waals surface area contributed by atoms with E-state index in [1.807, 2.05) is 6.20 Å². The molecule has 3 nitrogen and oxygen atoms in total. The minimum atomic E-state index is 0. The molecule has 0 fully saturated rings. The van der Waals surface area contributed by atoms with Crippen LogP contribution in [0, 0.1) is 6.92 Å². The number of hydrogen-bond donors (Lipinski definition) is 1. The summed E-state index contributed by atoms with van der Waals surface area (Å²) >= 11 is 1.58. The lowest BCUT2D eigenvalue weighted by Crippen LogP contribution is -2.28. The standard InChI is InChI=1S/C14H17N3S.ClH/c1-10-4-5-13-11(7-10)3-2-6-17(13)9-12-8-16-14(15)18-12;/h4-5,7-8H,2-3,6,9H2,1H3,(H2,15,16);1H. The van der Waals surface area contributed by atoms with E-state index in [0.717, 1.165) is 13.1 Å². The summed E-state index contributed by atoms with van der Waals surface area (Å²) in [7, 11) is 0. The van der Waals surface area contributed by atoms with E-state index in [-0.39, 0.29) is 12.4 Å². The number of nitrogen functional groups attached to an aromatic ring is 1. The predicted molar refractivity (Wildman–Crippen MR) is 84.3 cm³/mol. The molecule has 2 heterocycles. The third-order valence-electron chi connectivity index (χ3n) is 3.37. The molecule has 1 aromatic heterocycles. The van der Waals surface area contributed by atoms with E-state index in [1.54, 1.807) is 11.3 Å². The Balaban J connectivity index is 0.00000133. The van der Waals surface area contributed by atoms with Gasteiger partial charge in [-0.05, 0) is 31.4 Å². The van der Waals surface area contributed by atoms with Crippen molar-refractivity contribution in [3.8, 4) is 0 Å². The molecular formula is C14H18ClN3S. The minimum Gasteiger partial charge on any atom is -0.375 e. The first kappa shape index (κ1) is 14.2. The molecule has 19 heavy (non-hydrogen) atoms. The third-order valence-corrected chi connectivity index (χ3v) is 4.18. The van der Waals surface area contributed by atoms with Gasteiger partial charge in [0.05, 0.1) is 6.54 Å². The first-order valence-electron chi connectivity index (χ1n) is 6.27. The summed E-state index contributed by atoms with van der Waals surface area (Å²) < 4.78 is 0. The molecule has 1 aliphatic heterocycles. The molecule has 0 saturated carbocycles. The van der Waals surface area contributed by atoms with Gasteiger partial charge >= 0.3 is 0 Å². The van der Waals surface area contributed by atoms with Crippen LogP contribution >= 0.6 is 23.7 Å². The molecular weight excluding hydrogens is 278 g/mol. The Bertz CT molecular complexity index is 568. The molecule has 0 radical (unpaired) electrons. The van der Waals surface area contributed by atoms with E-state index < -0.39 is 0 Å². The Kier molecular flexibility index (Phi) is 4.32. The average Bonchev–Trinajstić information content (AvgIpc) is 2.75. The van der Waals surface area contributed by atoms with Crippen molar-refractivity contribution in [1.82, 2.24) is 4.98 Å². The highest BCUT2D eigenvalue weighted by atomic mass is 35.5. The van der Waals surface area contributed by atoms with E-state index in [2.05, 4.69) is 35.0 Å².